The number of amides is 2. The first-order valence-electron chi connectivity index (χ1n) is 8.06. The number of methoxy groups -OCH3 is 1. The molecule has 0 bridgehead atoms. The standard InChI is InChI=1S/C20H19NO3S/c1-4-14-8-5-6-11-17(14)21-19(22)18(25-20(21)23)13(2)15-9-7-10-16(12-15)24-3/h5-12H,4H2,1-3H3/b18-13-. The number of thioether (sulfide) groups is 1. The molecule has 0 spiro atoms. The third-order valence-electron chi connectivity index (χ3n) is 4.23. The fraction of sp³-hybridized carbons (Fsp3) is 0.200. The molecule has 0 unspecified atom stereocenters. The van der Waals surface area contributed by atoms with Gasteiger partial charge in [-0.05, 0) is 60.0 Å². The number of carbonyl (C=O) groups is 2. The number of aryl methyl sites for hydroxylation is 1. The predicted molar refractivity (Wildman–Crippen MR) is 102 cm³/mol. The van der Waals surface area contributed by atoms with Crippen molar-refractivity contribution in [2.75, 3.05) is 12.0 Å². The number of hydrogen-bond acceptors (Lipinski definition) is 4. The second-order valence-corrected chi connectivity index (χ2v) is 6.64. The lowest BCUT2D eigenvalue weighted by Crippen LogP contribution is -2.28. The van der Waals surface area contributed by atoms with Gasteiger partial charge < -0.3 is 4.74 Å². The second kappa shape index (κ2) is 7.15. The number of para-hydroxylation sites is 1. The minimum Gasteiger partial charge on any atom is -0.497 e. The van der Waals surface area contributed by atoms with Crippen molar-refractivity contribution in [2.45, 2.75) is 20.3 Å². The summed E-state index contributed by atoms with van der Waals surface area (Å²) in [5.41, 5.74) is 3.29. The van der Waals surface area contributed by atoms with Crippen LogP contribution in [-0.4, -0.2) is 18.3 Å². The summed E-state index contributed by atoms with van der Waals surface area (Å²) in [6, 6.07) is 15.0. The van der Waals surface area contributed by atoms with Gasteiger partial charge in [0.2, 0.25) is 0 Å². The van der Waals surface area contributed by atoms with Gasteiger partial charge in [0.15, 0.2) is 0 Å². The Morgan fingerprint density at radius 3 is 2.60 bits per heavy atom. The smallest absolute Gasteiger partial charge is 0.298 e. The topological polar surface area (TPSA) is 46.6 Å². The van der Waals surface area contributed by atoms with Crippen molar-refractivity contribution in [3.63, 3.8) is 0 Å². The average Bonchev–Trinajstić information content (AvgIpc) is 2.95. The summed E-state index contributed by atoms with van der Waals surface area (Å²) in [5.74, 6) is 0.448. The molecular formula is C20H19NO3S. The minimum absolute atomic E-state index is 0.261. The number of rotatable bonds is 4. The second-order valence-electron chi connectivity index (χ2n) is 5.68. The number of benzene rings is 2. The number of ether oxygens (including phenoxy) is 1. The Bertz CT molecular complexity index is 873. The zero-order valence-corrected chi connectivity index (χ0v) is 15.2. The molecule has 1 aliphatic heterocycles. The summed E-state index contributed by atoms with van der Waals surface area (Å²) in [5, 5.41) is -0.261. The Labute approximate surface area is 151 Å². The molecule has 2 aromatic carbocycles. The van der Waals surface area contributed by atoms with Crippen LogP contribution in [0.25, 0.3) is 5.57 Å². The molecule has 0 aromatic heterocycles. The highest BCUT2D eigenvalue weighted by molar-refractivity contribution is 8.19. The lowest BCUT2D eigenvalue weighted by Gasteiger charge is -2.16. The van der Waals surface area contributed by atoms with Gasteiger partial charge >= 0.3 is 0 Å². The van der Waals surface area contributed by atoms with E-state index in [0.717, 1.165) is 34.9 Å². The molecule has 0 saturated carbocycles. The van der Waals surface area contributed by atoms with Crippen molar-refractivity contribution in [1.29, 1.82) is 0 Å². The molecule has 2 amide bonds. The summed E-state index contributed by atoms with van der Waals surface area (Å²) < 4.78 is 5.24. The third kappa shape index (κ3) is 3.20. The van der Waals surface area contributed by atoms with Crippen molar-refractivity contribution in [1.82, 2.24) is 0 Å². The van der Waals surface area contributed by atoms with E-state index in [4.69, 9.17) is 4.74 Å². The van der Waals surface area contributed by atoms with Gasteiger partial charge in [-0.3, -0.25) is 9.59 Å². The van der Waals surface area contributed by atoms with Crippen LogP contribution in [-0.2, 0) is 11.2 Å². The van der Waals surface area contributed by atoms with Crippen molar-refractivity contribution in [2.24, 2.45) is 0 Å². The lowest BCUT2D eigenvalue weighted by atomic mass is 10.1. The highest BCUT2D eigenvalue weighted by Gasteiger charge is 2.38. The zero-order chi connectivity index (χ0) is 18.0. The molecule has 0 aliphatic carbocycles. The summed E-state index contributed by atoms with van der Waals surface area (Å²) in [7, 11) is 1.60. The van der Waals surface area contributed by atoms with Crippen molar-refractivity contribution < 1.29 is 14.3 Å². The molecule has 5 heteroatoms. The van der Waals surface area contributed by atoms with Crippen LogP contribution in [0.2, 0.25) is 0 Å². The third-order valence-corrected chi connectivity index (χ3v) is 5.27. The highest BCUT2D eigenvalue weighted by atomic mass is 32.2. The number of hydrogen-bond donors (Lipinski definition) is 0. The maximum Gasteiger partial charge on any atom is 0.298 e. The molecule has 2 aromatic rings. The van der Waals surface area contributed by atoms with Crippen LogP contribution in [0.5, 0.6) is 5.75 Å². The molecule has 1 saturated heterocycles. The Balaban J connectivity index is 2.03. The first-order chi connectivity index (χ1) is 12.1. The van der Waals surface area contributed by atoms with Crippen LogP contribution in [0, 0.1) is 0 Å². The van der Waals surface area contributed by atoms with Gasteiger partial charge in [-0.25, -0.2) is 4.90 Å². The Kier molecular flexibility index (Phi) is 4.95. The number of imide groups is 1. The van der Waals surface area contributed by atoms with Crippen LogP contribution in [0.3, 0.4) is 0 Å². The van der Waals surface area contributed by atoms with E-state index in [0.29, 0.717) is 16.3 Å². The van der Waals surface area contributed by atoms with Crippen LogP contribution in [0.4, 0.5) is 10.5 Å². The van der Waals surface area contributed by atoms with Crippen molar-refractivity contribution >= 4 is 34.2 Å². The number of nitrogens with zero attached hydrogens (tertiary/aromatic N) is 1. The van der Waals surface area contributed by atoms with E-state index in [1.54, 1.807) is 7.11 Å². The van der Waals surface area contributed by atoms with E-state index in [1.807, 2.05) is 62.4 Å². The van der Waals surface area contributed by atoms with E-state index in [1.165, 1.54) is 4.90 Å². The van der Waals surface area contributed by atoms with Gasteiger partial charge in [0.25, 0.3) is 11.1 Å². The normalized spacial score (nSPS) is 16.4. The van der Waals surface area contributed by atoms with Crippen molar-refractivity contribution in [3.8, 4) is 5.75 Å². The van der Waals surface area contributed by atoms with E-state index in [2.05, 4.69) is 0 Å². The molecule has 1 heterocycles. The fourth-order valence-electron chi connectivity index (χ4n) is 2.82. The Hall–Kier alpha value is -2.53. The first kappa shape index (κ1) is 17.3. The quantitative estimate of drug-likeness (QED) is 0.734. The highest BCUT2D eigenvalue weighted by Crippen LogP contribution is 2.40. The van der Waals surface area contributed by atoms with Gasteiger partial charge in [0, 0.05) is 0 Å². The van der Waals surface area contributed by atoms with E-state index in [9.17, 15) is 9.59 Å². The van der Waals surface area contributed by atoms with Crippen molar-refractivity contribution in [3.05, 3.63) is 64.6 Å². The Morgan fingerprint density at radius 2 is 1.88 bits per heavy atom. The largest absolute Gasteiger partial charge is 0.497 e. The monoisotopic (exact) mass is 353 g/mol. The first-order valence-corrected chi connectivity index (χ1v) is 8.88. The van der Waals surface area contributed by atoms with Gasteiger partial charge in [0.1, 0.15) is 5.75 Å². The molecule has 0 radical (unpaired) electrons. The summed E-state index contributed by atoms with van der Waals surface area (Å²) in [6.07, 6.45) is 0.756. The molecule has 4 nitrogen and oxygen atoms in total. The van der Waals surface area contributed by atoms with Gasteiger partial charge in [-0.1, -0.05) is 37.3 Å². The average molecular weight is 353 g/mol. The molecule has 128 valence electrons. The molecule has 0 N–H and O–H groups in total. The summed E-state index contributed by atoms with van der Waals surface area (Å²) in [6.45, 7) is 3.87. The maximum absolute atomic E-state index is 12.9. The lowest BCUT2D eigenvalue weighted by molar-refractivity contribution is -0.113. The molecule has 1 fully saturated rings. The molecular weight excluding hydrogens is 334 g/mol. The van der Waals surface area contributed by atoms with Gasteiger partial charge in [-0.15, -0.1) is 0 Å². The van der Waals surface area contributed by atoms with Crippen LogP contribution in [0.1, 0.15) is 25.0 Å². The minimum atomic E-state index is -0.267. The van der Waals surface area contributed by atoms with Crippen LogP contribution < -0.4 is 9.64 Å². The summed E-state index contributed by atoms with van der Waals surface area (Å²) >= 11 is 0.988. The summed E-state index contributed by atoms with van der Waals surface area (Å²) in [4.78, 5) is 27.2. The number of anilines is 1. The van der Waals surface area contributed by atoms with Crippen LogP contribution >= 0.6 is 11.8 Å². The van der Waals surface area contributed by atoms with E-state index in [-0.39, 0.29) is 11.1 Å². The maximum atomic E-state index is 12.9. The molecule has 3 rings (SSSR count). The SMILES string of the molecule is CCc1ccccc1N1C(=O)S/C(=C(/C)c2cccc(OC)c2)C1=O. The van der Waals surface area contributed by atoms with Crippen LogP contribution in [0.15, 0.2) is 53.4 Å². The van der Waals surface area contributed by atoms with E-state index < -0.39 is 0 Å². The predicted octanol–water partition coefficient (Wildman–Crippen LogP) is 4.89. The zero-order valence-electron chi connectivity index (χ0n) is 14.4. The molecule has 0 atom stereocenters. The molecule has 1 aliphatic rings. The van der Waals surface area contributed by atoms with Gasteiger partial charge in [-0.2, -0.15) is 0 Å². The number of carbonyl (C=O) groups excluding carboxylic acids is 2. The Morgan fingerprint density at radius 1 is 1.12 bits per heavy atom. The van der Waals surface area contributed by atoms with E-state index >= 15 is 0 Å². The molecule has 25 heavy (non-hydrogen) atoms. The number of allylic oxidation sites excluding steroid dienone is 1. The fourth-order valence-corrected chi connectivity index (χ4v) is 3.72. The van der Waals surface area contributed by atoms with Gasteiger partial charge in [0.05, 0.1) is 17.7 Å².